The summed E-state index contributed by atoms with van der Waals surface area (Å²) in [7, 11) is -3.26. The number of hydrogen-bond acceptors (Lipinski definition) is 8. The summed E-state index contributed by atoms with van der Waals surface area (Å²) in [5, 5.41) is 0.0792. The van der Waals surface area contributed by atoms with Gasteiger partial charge in [0.05, 0.1) is 19.5 Å². The number of furan rings is 1. The molecule has 28 heavy (non-hydrogen) atoms. The maximum atomic E-state index is 12.8. The molecule has 0 aliphatic carbocycles. The molecule has 1 amide bonds. The van der Waals surface area contributed by atoms with Crippen molar-refractivity contribution in [3.63, 3.8) is 0 Å². The third kappa shape index (κ3) is 3.79. The van der Waals surface area contributed by atoms with Gasteiger partial charge in [-0.3, -0.25) is 4.79 Å². The molecule has 0 unspecified atom stereocenters. The number of rotatable bonds is 3. The molecule has 0 N–H and O–H groups in total. The number of hydrogen-bond donors (Lipinski definition) is 0. The van der Waals surface area contributed by atoms with Crippen LogP contribution in [0.15, 0.2) is 10.5 Å². The van der Waals surface area contributed by atoms with Gasteiger partial charge in [-0.1, -0.05) is 0 Å². The zero-order chi connectivity index (χ0) is 19.9. The van der Waals surface area contributed by atoms with Gasteiger partial charge < -0.3 is 19.0 Å². The SMILES string of the molecule is CS(=O)(=O)N1CCN(C(=O)c2cc3nc(Cl)nc(N4CCOCC4)c3o2)CC1. The summed E-state index contributed by atoms with van der Waals surface area (Å²) < 4.78 is 35.8. The topological polar surface area (TPSA) is 109 Å². The van der Waals surface area contributed by atoms with Crippen LogP contribution in [0.3, 0.4) is 0 Å². The van der Waals surface area contributed by atoms with Gasteiger partial charge in [-0.15, -0.1) is 0 Å². The Balaban J connectivity index is 1.58. The third-order valence-electron chi connectivity index (χ3n) is 4.84. The number of morpholine rings is 1. The Labute approximate surface area is 167 Å². The van der Waals surface area contributed by atoms with Gasteiger partial charge in [0.25, 0.3) is 5.91 Å². The van der Waals surface area contributed by atoms with E-state index in [9.17, 15) is 13.2 Å². The Kier molecular flexibility index (Phi) is 5.17. The van der Waals surface area contributed by atoms with E-state index >= 15 is 0 Å². The molecule has 0 bridgehead atoms. The predicted molar refractivity (Wildman–Crippen MR) is 102 cm³/mol. The van der Waals surface area contributed by atoms with Gasteiger partial charge in [0.1, 0.15) is 5.52 Å². The molecule has 10 nitrogen and oxygen atoms in total. The number of amides is 1. The van der Waals surface area contributed by atoms with E-state index in [2.05, 4.69) is 9.97 Å². The van der Waals surface area contributed by atoms with Crippen molar-refractivity contribution in [2.24, 2.45) is 0 Å². The number of carbonyl (C=O) groups excluding carboxylic acids is 1. The van der Waals surface area contributed by atoms with E-state index in [1.807, 2.05) is 4.90 Å². The molecule has 2 fully saturated rings. The molecule has 2 saturated heterocycles. The first-order chi connectivity index (χ1) is 13.3. The molecule has 0 spiro atoms. The van der Waals surface area contributed by atoms with Crippen LogP contribution in [-0.2, 0) is 14.8 Å². The smallest absolute Gasteiger partial charge is 0.289 e. The molecule has 0 saturated carbocycles. The van der Waals surface area contributed by atoms with E-state index in [4.69, 9.17) is 20.8 Å². The predicted octanol–water partition coefficient (Wildman–Crippen LogP) is 0.430. The summed E-state index contributed by atoms with van der Waals surface area (Å²) in [4.78, 5) is 24.9. The van der Waals surface area contributed by atoms with E-state index in [0.29, 0.717) is 56.3 Å². The number of ether oxygens (including phenoxy) is 1. The van der Waals surface area contributed by atoms with Gasteiger partial charge in [-0.05, 0) is 11.6 Å². The van der Waals surface area contributed by atoms with Gasteiger partial charge in [-0.25, -0.2) is 13.4 Å². The number of fused-ring (bicyclic) bond motifs is 1. The summed E-state index contributed by atoms with van der Waals surface area (Å²) in [6, 6.07) is 1.55. The molecule has 4 rings (SSSR count). The lowest BCUT2D eigenvalue weighted by atomic mass is 10.3. The average molecular weight is 430 g/mol. The van der Waals surface area contributed by atoms with Crippen LogP contribution in [-0.4, -0.2) is 92.2 Å². The van der Waals surface area contributed by atoms with Crippen LogP contribution in [0.2, 0.25) is 5.28 Å². The lowest BCUT2D eigenvalue weighted by Crippen LogP contribution is -2.50. The second-order valence-electron chi connectivity index (χ2n) is 6.69. The van der Waals surface area contributed by atoms with Crippen LogP contribution in [0.25, 0.3) is 11.1 Å². The largest absolute Gasteiger partial charge is 0.445 e. The number of piperazine rings is 1. The molecule has 0 atom stereocenters. The maximum Gasteiger partial charge on any atom is 0.289 e. The van der Waals surface area contributed by atoms with Crippen LogP contribution < -0.4 is 4.90 Å². The van der Waals surface area contributed by atoms with Crippen molar-refractivity contribution in [2.45, 2.75) is 0 Å². The maximum absolute atomic E-state index is 12.8. The molecule has 0 radical (unpaired) electrons. The van der Waals surface area contributed by atoms with E-state index in [1.165, 1.54) is 10.6 Å². The molecular formula is C16H20ClN5O5S. The Morgan fingerprint density at radius 3 is 2.43 bits per heavy atom. The van der Waals surface area contributed by atoms with Crippen LogP contribution >= 0.6 is 11.6 Å². The van der Waals surface area contributed by atoms with Crippen molar-refractivity contribution < 1.29 is 22.4 Å². The number of halogens is 1. The summed E-state index contributed by atoms with van der Waals surface area (Å²) in [5.41, 5.74) is 0.865. The monoisotopic (exact) mass is 429 g/mol. The van der Waals surface area contributed by atoms with E-state index < -0.39 is 10.0 Å². The molecule has 2 aromatic rings. The van der Waals surface area contributed by atoms with Crippen LogP contribution in [0.4, 0.5) is 5.82 Å². The minimum absolute atomic E-state index is 0.0792. The Morgan fingerprint density at radius 1 is 1.11 bits per heavy atom. The van der Waals surface area contributed by atoms with E-state index in [1.54, 1.807) is 11.0 Å². The number of aromatic nitrogens is 2. The minimum Gasteiger partial charge on any atom is -0.445 e. The van der Waals surface area contributed by atoms with Crippen molar-refractivity contribution in [1.29, 1.82) is 0 Å². The second kappa shape index (κ2) is 7.47. The van der Waals surface area contributed by atoms with Gasteiger partial charge in [0.15, 0.2) is 17.2 Å². The molecule has 12 heteroatoms. The van der Waals surface area contributed by atoms with Gasteiger partial charge in [0.2, 0.25) is 15.3 Å². The minimum atomic E-state index is -3.26. The van der Waals surface area contributed by atoms with Crippen LogP contribution in [0.1, 0.15) is 10.6 Å². The third-order valence-corrected chi connectivity index (χ3v) is 6.31. The highest BCUT2D eigenvalue weighted by Crippen LogP contribution is 2.29. The Morgan fingerprint density at radius 2 is 1.79 bits per heavy atom. The zero-order valence-corrected chi connectivity index (χ0v) is 16.9. The molecular weight excluding hydrogens is 410 g/mol. The van der Waals surface area contributed by atoms with Crippen molar-refractivity contribution in [3.05, 3.63) is 17.1 Å². The summed E-state index contributed by atoms with van der Waals surface area (Å²) in [6.07, 6.45) is 1.17. The van der Waals surface area contributed by atoms with Crippen molar-refractivity contribution in [3.8, 4) is 0 Å². The average Bonchev–Trinajstić information content (AvgIpc) is 3.10. The molecule has 2 aliphatic rings. The molecule has 152 valence electrons. The van der Waals surface area contributed by atoms with Crippen molar-refractivity contribution in [2.75, 3.05) is 63.6 Å². The summed E-state index contributed by atoms with van der Waals surface area (Å²) >= 11 is 6.06. The molecule has 4 heterocycles. The highest BCUT2D eigenvalue weighted by molar-refractivity contribution is 7.88. The normalized spacial score (nSPS) is 19.4. The van der Waals surface area contributed by atoms with Crippen molar-refractivity contribution in [1.82, 2.24) is 19.2 Å². The lowest BCUT2D eigenvalue weighted by molar-refractivity contribution is 0.0668. The number of carbonyl (C=O) groups is 1. The van der Waals surface area contributed by atoms with E-state index in [0.717, 1.165) is 0 Å². The highest BCUT2D eigenvalue weighted by Gasteiger charge is 2.29. The first-order valence-electron chi connectivity index (χ1n) is 8.87. The fraction of sp³-hybridized carbons (Fsp3) is 0.562. The highest BCUT2D eigenvalue weighted by atomic mass is 35.5. The van der Waals surface area contributed by atoms with Gasteiger partial charge in [0, 0.05) is 45.3 Å². The van der Waals surface area contributed by atoms with Crippen LogP contribution in [0, 0.1) is 0 Å². The fourth-order valence-electron chi connectivity index (χ4n) is 3.36. The van der Waals surface area contributed by atoms with E-state index in [-0.39, 0.29) is 30.0 Å². The summed E-state index contributed by atoms with van der Waals surface area (Å²) in [6.45, 7) is 3.53. The van der Waals surface area contributed by atoms with Crippen LogP contribution in [0.5, 0.6) is 0 Å². The number of sulfonamides is 1. The quantitative estimate of drug-likeness (QED) is 0.646. The van der Waals surface area contributed by atoms with Gasteiger partial charge in [-0.2, -0.15) is 9.29 Å². The number of anilines is 1. The van der Waals surface area contributed by atoms with Gasteiger partial charge >= 0.3 is 0 Å². The Hall–Kier alpha value is -1.95. The number of nitrogens with zero attached hydrogens (tertiary/aromatic N) is 5. The molecule has 2 aliphatic heterocycles. The standard InChI is InChI=1S/C16H20ClN5O5S/c1-28(24,25)22-4-2-21(3-5-22)15(23)12-10-11-13(27-12)14(19-16(17)18-11)20-6-8-26-9-7-20/h10H,2-9H2,1H3. The first-order valence-corrected chi connectivity index (χ1v) is 11.1. The van der Waals surface area contributed by atoms with Crippen molar-refractivity contribution >= 4 is 44.4 Å². The molecule has 0 aromatic carbocycles. The first kappa shape index (κ1) is 19.4. The second-order valence-corrected chi connectivity index (χ2v) is 9.02. The Bertz CT molecular complexity index is 996. The lowest BCUT2D eigenvalue weighted by Gasteiger charge is -2.32. The summed E-state index contributed by atoms with van der Waals surface area (Å²) in [5.74, 6) is 0.364. The molecule has 2 aromatic heterocycles. The fourth-order valence-corrected chi connectivity index (χ4v) is 4.36. The zero-order valence-electron chi connectivity index (χ0n) is 15.3.